The van der Waals surface area contributed by atoms with Gasteiger partial charge in [0.15, 0.2) is 6.23 Å². The third-order valence-corrected chi connectivity index (χ3v) is 5.01. The molecule has 0 aliphatic rings. The van der Waals surface area contributed by atoms with Crippen molar-refractivity contribution in [2.45, 2.75) is 26.2 Å². The Hall–Kier alpha value is -4.17. The number of carbonyl (C=O) groups is 2. The van der Waals surface area contributed by atoms with E-state index in [1.165, 1.54) is 6.07 Å². The number of anilines is 2. The topological polar surface area (TPSA) is 121 Å². The van der Waals surface area contributed by atoms with Crippen LogP contribution >= 0.6 is 0 Å². The molecular weight excluding hydrogens is 422 g/mol. The summed E-state index contributed by atoms with van der Waals surface area (Å²) in [7, 11) is 0. The molecule has 0 spiro atoms. The first kappa shape index (κ1) is 22.0. The van der Waals surface area contributed by atoms with Crippen LogP contribution in [0.15, 0.2) is 66.7 Å². The molecule has 1 unspecified atom stereocenters. The van der Waals surface area contributed by atoms with Gasteiger partial charge in [-0.1, -0.05) is 42.5 Å². The Kier molecular flexibility index (Phi) is 6.10. The molecule has 0 aliphatic heterocycles. The first-order valence-corrected chi connectivity index (χ1v) is 10.4. The summed E-state index contributed by atoms with van der Waals surface area (Å²) >= 11 is 0. The molecule has 0 fully saturated rings. The molecule has 4 aromatic rings. The molecule has 168 valence electrons. The molecule has 4 N–H and O–H groups in total. The third kappa shape index (κ3) is 4.70. The van der Waals surface area contributed by atoms with Gasteiger partial charge in [-0.2, -0.15) is 0 Å². The number of hydrogen-bond donors (Lipinski definition) is 4. The van der Waals surface area contributed by atoms with Crippen molar-refractivity contribution in [3.8, 4) is 0 Å². The Labute approximate surface area is 189 Å². The number of nitrogens with one attached hydrogen (secondary N) is 2. The zero-order valence-electron chi connectivity index (χ0n) is 18.1. The monoisotopic (exact) mass is 445 g/mol. The smallest absolute Gasteiger partial charge is 0.411 e. The van der Waals surface area contributed by atoms with E-state index in [1.54, 1.807) is 56.3 Å². The molecule has 1 aromatic heterocycles. The first-order chi connectivity index (χ1) is 15.8. The number of aliphatic hydroxyl groups is 1. The van der Waals surface area contributed by atoms with Gasteiger partial charge < -0.3 is 20.3 Å². The minimum Gasteiger partial charge on any atom is -0.478 e. The van der Waals surface area contributed by atoms with Gasteiger partial charge >= 0.3 is 12.1 Å². The van der Waals surface area contributed by atoms with Gasteiger partial charge in [-0.25, -0.2) is 14.6 Å². The lowest BCUT2D eigenvalue weighted by Gasteiger charge is -2.19. The number of carboxylic acids is 1. The van der Waals surface area contributed by atoms with E-state index in [4.69, 9.17) is 4.74 Å². The minimum atomic E-state index is -1.14. The summed E-state index contributed by atoms with van der Waals surface area (Å²) in [5.41, 5.74) is 2.53. The average Bonchev–Trinajstić information content (AvgIpc) is 2.78. The lowest BCUT2D eigenvalue weighted by Crippen LogP contribution is -2.18. The summed E-state index contributed by atoms with van der Waals surface area (Å²) in [5.74, 6) is -1.08. The number of aliphatic hydroxyl groups excluding tert-OH is 1. The average molecular weight is 445 g/mol. The van der Waals surface area contributed by atoms with Crippen LogP contribution in [0.5, 0.6) is 0 Å². The number of carbonyl (C=O) groups excluding carboxylic acids is 1. The molecule has 0 saturated carbocycles. The van der Waals surface area contributed by atoms with Gasteiger partial charge in [-0.3, -0.25) is 5.32 Å². The van der Waals surface area contributed by atoms with E-state index < -0.39 is 18.3 Å². The van der Waals surface area contributed by atoms with Crippen LogP contribution < -0.4 is 10.6 Å². The van der Waals surface area contributed by atoms with Crippen LogP contribution in [0, 0.1) is 0 Å². The maximum absolute atomic E-state index is 11.9. The second-order valence-electron chi connectivity index (χ2n) is 7.76. The Morgan fingerprint density at radius 1 is 0.970 bits per heavy atom. The number of rotatable bonds is 6. The molecule has 0 bridgehead atoms. The van der Waals surface area contributed by atoms with E-state index in [0.29, 0.717) is 33.4 Å². The second-order valence-corrected chi connectivity index (χ2v) is 7.76. The number of ether oxygens (including phenoxy) is 1. The van der Waals surface area contributed by atoms with Gasteiger partial charge in [-0.15, -0.1) is 0 Å². The van der Waals surface area contributed by atoms with Gasteiger partial charge in [0.2, 0.25) is 0 Å². The molecule has 1 amide bonds. The summed E-state index contributed by atoms with van der Waals surface area (Å²) in [6.07, 6.45) is -1.99. The summed E-state index contributed by atoms with van der Waals surface area (Å²) in [6, 6.07) is 18.9. The number of fused-ring (bicyclic) bond motifs is 2. The maximum Gasteiger partial charge on any atom is 0.411 e. The van der Waals surface area contributed by atoms with Crippen LogP contribution in [-0.4, -0.2) is 33.4 Å². The van der Waals surface area contributed by atoms with Crippen molar-refractivity contribution in [2.75, 3.05) is 10.6 Å². The number of carboxylic acid groups (broad SMARTS) is 1. The molecule has 33 heavy (non-hydrogen) atoms. The normalized spacial score (nSPS) is 12.0. The van der Waals surface area contributed by atoms with Crippen LogP contribution in [0.1, 0.15) is 36.0 Å². The van der Waals surface area contributed by atoms with E-state index in [0.717, 1.165) is 5.39 Å². The highest BCUT2D eigenvalue weighted by Gasteiger charge is 2.18. The molecule has 8 nitrogen and oxygen atoms in total. The lowest BCUT2D eigenvalue weighted by atomic mass is 10.0. The standard InChI is InChI=1S/C25H23N3O5/c1-14(2)33-25(32)26-16-8-5-7-15(13-16)23(29)28-21-17-9-3-4-12-20(17)27-22-18(21)10-6-11-19(22)24(30)31/h3-14,23,29H,1-2H3,(H,26,32)(H,27,28)(H,30,31). The number of para-hydroxylation sites is 2. The van der Waals surface area contributed by atoms with Gasteiger partial charge in [0.05, 0.1) is 28.4 Å². The quantitative estimate of drug-likeness (QED) is 0.239. The lowest BCUT2D eigenvalue weighted by molar-refractivity contribution is 0.0698. The highest BCUT2D eigenvalue weighted by Crippen LogP contribution is 2.34. The van der Waals surface area contributed by atoms with Crippen LogP contribution in [-0.2, 0) is 4.74 Å². The molecule has 0 radical (unpaired) electrons. The minimum absolute atomic E-state index is 0.0747. The largest absolute Gasteiger partial charge is 0.478 e. The number of aromatic nitrogens is 1. The van der Waals surface area contributed by atoms with Crippen molar-refractivity contribution >= 4 is 45.2 Å². The molecule has 0 saturated heterocycles. The molecule has 3 aromatic carbocycles. The van der Waals surface area contributed by atoms with Crippen LogP contribution in [0.3, 0.4) is 0 Å². The van der Waals surface area contributed by atoms with Crippen molar-refractivity contribution < 1.29 is 24.5 Å². The molecule has 0 aliphatic carbocycles. The second kappa shape index (κ2) is 9.13. The van der Waals surface area contributed by atoms with Crippen molar-refractivity contribution in [3.63, 3.8) is 0 Å². The first-order valence-electron chi connectivity index (χ1n) is 10.4. The third-order valence-electron chi connectivity index (χ3n) is 5.01. The fourth-order valence-electron chi connectivity index (χ4n) is 3.61. The van der Waals surface area contributed by atoms with Gasteiger partial charge in [-0.05, 0) is 38.1 Å². The van der Waals surface area contributed by atoms with E-state index in [-0.39, 0.29) is 11.7 Å². The number of pyridine rings is 1. The van der Waals surface area contributed by atoms with Gasteiger partial charge in [0.25, 0.3) is 0 Å². The van der Waals surface area contributed by atoms with Gasteiger partial charge in [0, 0.05) is 22.0 Å². The SMILES string of the molecule is CC(C)OC(=O)Nc1cccc(C(O)Nc2c3ccccc3nc3c(C(=O)O)cccc23)c1. The number of hydrogen-bond acceptors (Lipinski definition) is 6. The summed E-state index contributed by atoms with van der Waals surface area (Å²) < 4.78 is 5.09. The van der Waals surface area contributed by atoms with Crippen molar-refractivity contribution in [2.24, 2.45) is 0 Å². The van der Waals surface area contributed by atoms with E-state index in [1.807, 2.05) is 18.2 Å². The van der Waals surface area contributed by atoms with Crippen LogP contribution in [0.4, 0.5) is 16.2 Å². The van der Waals surface area contributed by atoms with Crippen molar-refractivity contribution in [1.82, 2.24) is 4.98 Å². The number of nitrogens with zero attached hydrogens (tertiary/aromatic N) is 1. The van der Waals surface area contributed by atoms with E-state index in [2.05, 4.69) is 15.6 Å². The fraction of sp³-hybridized carbons (Fsp3) is 0.160. The van der Waals surface area contributed by atoms with Crippen LogP contribution in [0.2, 0.25) is 0 Å². The zero-order chi connectivity index (χ0) is 23.5. The predicted molar refractivity (Wildman–Crippen MR) is 126 cm³/mol. The maximum atomic E-state index is 11.9. The van der Waals surface area contributed by atoms with E-state index >= 15 is 0 Å². The van der Waals surface area contributed by atoms with Crippen molar-refractivity contribution in [1.29, 1.82) is 0 Å². The molecule has 8 heteroatoms. The zero-order valence-corrected chi connectivity index (χ0v) is 18.1. The molecule has 1 atom stereocenters. The Morgan fingerprint density at radius 2 is 1.70 bits per heavy atom. The Bertz CT molecular complexity index is 1350. The van der Waals surface area contributed by atoms with E-state index in [9.17, 15) is 19.8 Å². The van der Waals surface area contributed by atoms with Crippen LogP contribution in [0.25, 0.3) is 21.8 Å². The Balaban J connectivity index is 1.73. The number of aromatic carboxylic acids is 1. The number of amides is 1. The summed E-state index contributed by atoms with van der Waals surface area (Å²) in [4.78, 5) is 28.2. The summed E-state index contributed by atoms with van der Waals surface area (Å²) in [6.45, 7) is 3.51. The highest BCUT2D eigenvalue weighted by molar-refractivity contribution is 6.12. The van der Waals surface area contributed by atoms with Crippen molar-refractivity contribution in [3.05, 3.63) is 77.9 Å². The summed E-state index contributed by atoms with van der Waals surface area (Å²) in [5, 5.41) is 27.6. The Morgan fingerprint density at radius 3 is 2.45 bits per heavy atom. The number of benzene rings is 3. The van der Waals surface area contributed by atoms with Gasteiger partial charge in [0.1, 0.15) is 0 Å². The fourth-order valence-corrected chi connectivity index (χ4v) is 3.61. The highest BCUT2D eigenvalue weighted by atomic mass is 16.6. The molecule has 1 heterocycles. The molecule has 4 rings (SSSR count). The molecular formula is C25H23N3O5. The predicted octanol–water partition coefficient (Wildman–Crippen LogP) is 5.15.